The van der Waals surface area contributed by atoms with Crippen LogP contribution in [0.25, 0.3) is 5.65 Å². The molecule has 1 saturated heterocycles. The van der Waals surface area contributed by atoms with E-state index in [1.54, 1.807) is 7.11 Å². The lowest BCUT2D eigenvalue weighted by Crippen LogP contribution is -2.36. The Bertz CT molecular complexity index is 590. The highest BCUT2D eigenvalue weighted by molar-refractivity contribution is 5.45. The van der Waals surface area contributed by atoms with Crippen LogP contribution in [0.1, 0.15) is 32.4 Å². The topological polar surface area (TPSA) is 29.8 Å². The van der Waals surface area contributed by atoms with Gasteiger partial charge in [-0.05, 0) is 39.3 Å². The highest BCUT2D eigenvalue weighted by atomic mass is 16.5. The largest absolute Gasteiger partial charge is 0.497 e. The second-order valence-corrected chi connectivity index (χ2v) is 5.90. The maximum atomic E-state index is 5.25. The maximum absolute atomic E-state index is 5.25. The van der Waals surface area contributed by atoms with Gasteiger partial charge in [0.1, 0.15) is 11.4 Å². The number of nitrogens with zero attached hydrogens (tertiary/aromatic N) is 3. The fourth-order valence-electron chi connectivity index (χ4n) is 3.24. The van der Waals surface area contributed by atoms with Crippen molar-refractivity contribution in [1.82, 2.24) is 14.3 Å². The Labute approximate surface area is 120 Å². The first-order valence-electron chi connectivity index (χ1n) is 7.45. The van der Waals surface area contributed by atoms with Gasteiger partial charge in [0.05, 0.1) is 12.8 Å². The molecule has 0 radical (unpaired) electrons. The fourth-order valence-corrected chi connectivity index (χ4v) is 3.24. The Balaban J connectivity index is 1.80. The van der Waals surface area contributed by atoms with Gasteiger partial charge in [0.2, 0.25) is 0 Å². The molecule has 0 amide bonds. The Hall–Kier alpha value is -1.55. The summed E-state index contributed by atoms with van der Waals surface area (Å²) in [6.07, 6.45) is 7.80. The molecule has 1 atom stereocenters. The van der Waals surface area contributed by atoms with Gasteiger partial charge in [-0.3, -0.25) is 4.90 Å². The molecule has 0 saturated carbocycles. The van der Waals surface area contributed by atoms with Gasteiger partial charge >= 0.3 is 0 Å². The number of hydrogen-bond acceptors (Lipinski definition) is 3. The molecule has 3 heterocycles. The van der Waals surface area contributed by atoms with Gasteiger partial charge in [-0.1, -0.05) is 0 Å². The first kappa shape index (κ1) is 13.4. The minimum atomic E-state index is 0.625. The van der Waals surface area contributed by atoms with Crippen LogP contribution in [0.15, 0.2) is 24.5 Å². The predicted molar refractivity (Wildman–Crippen MR) is 80.3 cm³/mol. The third kappa shape index (κ3) is 2.52. The van der Waals surface area contributed by atoms with Gasteiger partial charge in [0.15, 0.2) is 0 Å². The van der Waals surface area contributed by atoms with Crippen LogP contribution in [0.2, 0.25) is 0 Å². The number of fused-ring (bicyclic) bond motifs is 1. The van der Waals surface area contributed by atoms with Crippen LogP contribution in [-0.2, 0) is 6.42 Å². The number of hydrogen-bond donors (Lipinski definition) is 0. The predicted octanol–water partition coefficient (Wildman–Crippen LogP) is 2.76. The minimum absolute atomic E-state index is 0.625. The molecule has 1 aliphatic rings. The van der Waals surface area contributed by atoms with E-state index in [1.165, 1.54) is 25.1 Å². The third-order valence-corrected chi connectivity index (χ3v) is 4.25. The Morgan fingerprint density at radius 1 is 1.45 bits per heavy atom. The van der Waals surface area contributed by atoms with Gasteiger partial charge < -0.3 is 9.14 Å². The highest BCUT2D eigenvalue weighted by Gasteiger charge is 2.27. The molecule has 20 heavy (non-hydrogen) atoms. The SMILES string of the molecule is COc1ccn2cc(CC3CCCN3C(C)C)nc2c1. The molecular formula is C16H23N3O. The molecule has 0 aromatic carbocycles. The summed E-state index contributed by atoms with van der Waals surface area (Å²) >= 11 is 0. The van der Waals surface area contributed by atoms with E-state index in [9.17, 15) is 0 Å². The lowest BCUT2D eigenvalue weighted by atomic mass is 10.1. The Morgan fingerprint density at radius 2 is 2.30 bits per heavy atom. The van der Waals surface area contributed by atoms with Crippen LogP contribution in [-0.4, -0.2) is 40.0 Å². The molecule has 4 nitrogen and oxygen atoms in total. The van der Waals surface area contributed by atoms with E-state index in [1.807, 2.05) is 18.3 Å². The van der Waals surface area contributed by atoms with Gasteiger partial charge in [0, 0.05) is 37.0 Å². The second kappa shape index (κ2) is 5.44. The van der Waals surface area contributed by atoms with E-state index in [-0.39, 0.29) is 0 Å². The summed E-state index contributed by atoms with van der Waals surface area (Å²) in [4.78, 5) is 7.34. The van der Waals surface area contributed by atoms with E-state index >= 15 is 0 Å². The van der Waals surface area contributed by atoms with Crippen molar-refractivity contribution in [3.05, 3.63) is 30.2 Å². The van der Waals surface area contributed by atoms with Gasteiger partial charge in [0.25, 0.3) is 0 Å². The average Bonchev–Trinajstić information content (AvgIpc) is 3.03. The molecule has 0 bridgehead atoms. The van der Waals surface area contributed by atoms with E-state index < -0.39 is 0 Å². The number of methoxy groups -OCH3 is 1. The summed E-state index contributed by atoms with van der Waals surface area (Å²) in [5.41, 5.74) is 2.14. The number of ether oxygens (including phenoxy) is 1. The number of aromatic nitrogens is 2. The van der Waals surface area contributed by atoms with Crippen molar-refractivity contribution in [2.24, 2.45) is 0 Å². The molecule has 1 fully saturated rings. The second-order valence-electron chi connectivity index (χ2n) is 5.90. The molecule has 2 aromatic heterocycles. The van der Waals surface area contributed by atoms with Crippen molar-refractivity contribution >= 4 is 5.65 Å². The van der Waals surface area contributed by atoms with Crippen LogP contribution < -0.4 is 4.74 Å². The lowest BCUT2D eigenvalue weighted by molar-refractivity contribution is 0.202. The fraction of sp³-hybridized carbons (Fsp3) is 0.562. The van der Waals surface area contributed by atoms with Gasteiger partial charge in [-0.2, -0.15) is 0 Å². The number of pyridine rings is 1. The zero-order chi connectivity index (χ0) is 14.1. The summed E-state index contributed by atoms with van der Waals surface area (Å²) < 4.78 is 7.33. The zero-order valence-electron chi connectivity index (χ0n) is 12.5. The quantitative estimate of drug-likeness (QED) is 0.858. The minimum Gasteiger partial charge on any atom is -0.497 e. The zero-order valence-corrected chi connectivity index (χ0v) is 12.5. The van der Waals surface area contributed by atoms with Crippen molar-refractivity contribution in [2.75, 3.05) is 13.7 Å². The van der Waals surface area contributed by atoms with Crippen LogP contribution >= 0.6 is 0 Å². The van der Waals surface area contributed by atoms with Crippen molar-refractivity contribution in [3.63, 3.8) is 0 Å². The van der Waals surface area contributed by atoms with Crippen LogP contribution in [0.4, 0.5) is 0 Å². The molecular weight excluding hydrogens is 250 g/mol. The maximum Gasteiger partial charge on any atom is 0.140 e. The summed E-state index contributed by atoms with van der Waals surface area (Å²) in [5.74, 6) is 0.860. The monoisotopic (exact) mass is 273 g/mol. The standard InChI is InChI=1S/C16H23N3O/c1-12(2)19-7-4-5-14(19)9-13-11-18-8-6-15(20-3)10-16(18)17-13/h6,8,10-12,14H,4-5,7,9H2,1-3H3. The molecule has 108 valence electrons. The molecule has 4 heteroatoms. The highest BCUT2D eigenvalue weighted by Crippen LogP contribution is 2.23. The van der Waals surface area contributed by atoms with Crippen molar-refractivity contribution in [1.29, 1.82) is 0 Å². The van der Waals surface area contributed by atoms with E-state index in [4.69, 9.17) is 9.72 Å². The Kier molecular flexibility index (Phi) is 3.66. The van der Waals surface area contributed by atoms with E-state index in [2.05, 4.69) is 29.3 Å². The molecule has 1 unspecified atom stereocenters. The number of imidazole rings is 1. The Morgan fingerprint density at radius 3 is 3.05 bits per heavy atom. The average molecular weight is 273 g/mol. The molecule has 1 aliphatic heterocycles. The van der Waals surface area contributed by atoms with Gasteiger partial charge in [-0.25, -0.2) is 4.98 Å². The first-order chi connectivity index (χ1) is 9.67. The molecule has 0 aliphatic carbocycles. The van der Waals surface area contributed by atoms with E-state index in [0.717, 1.165) is 17.8 Å². The van der Waals surface area contributed by atoms with Crippen molar-refractivity contribution < 1.29 is 4.74 Å². The number of rotatable bonds is 4. The van der Waals surface area contributed by atoms with Crippen molar-refractivity contribution in [3.8, 4) is 5.75 Å². The summed E-state index contributed by atoms with van der Waals surface area (Å²) in [7, 11) is 1.69. The molecule has 2 aromatic rings. The summed E-state index contributed by atoms with van der Waals surface area (Å²) in [5, 5.41) is 0. The van der Waals surface area contributed by atoms with Crippen molar-refractivity contribution in [2.45, 2.75) is 45.2 Å². The molecule has 0 spiro atoms. The van der Waals surface area contributed by atoms with Crippen LogP contribution in [0.5, 0.6) is 5.75 Å². The molecule has 3 rings (SSSR count). The summed E-state index contributed by atoms with van der Waals surface area (Å²) in [6.45, 7) is 5.79. The van der Waals surface area contributed by atoms with E-state index in [0.29, 0.717) is 12.1 Å². The van der Waals surface area contributed by atoms with Crippen LogP contribution in [0, 0.1) is 0 Å². The summed E-state index contributed by atoms with van der Waals surface area (Å²) in [6, 6.07) is 5.22. The third-order valence-electron chi connectivity index (χ3n) is 4.25. The van der Waals surface area contributed by atoms with Crippen LogP contribution in [0.3, 0.4) is 0 Å². The lowest BCUT2D eigenvalue weighted by Gasteiger charge is -2.27. The first-order valence-corrected chi connectivity index (χ1v) is 7.45. The normalized spacial score (nSPS) is 20.1. The number of likely N-dealkylation sites (tertiary alicyclic amines) is 1. The smallest absolute Gasteiger partial charge is 0.140 e. The molecule has 0 N–H and O–H groups in total. The van der Waals surface area contributed by atoms with Gasteiger partial charge in [-0.15, -0.1) is 0 Å².